The van der Waals surface area contributed by atoms with Crippen LogP contribution in [-0.2, 0) is 9.53 Å². The number of fused-ring (bicyclic) bond motifs is 1. The molecule has 1 aromatic carbocycles. The number of hydrogen-bond donors (Lipinski definition) is 0. The third-order valence-corrected chi connectivity index (χ3v) is 3.33. The van der Waals surface area contributed by atoms with Crippen molar-refractivity contribution in [1.82, 2.24) is 0 Å². The Morgan fingerprint density at radius 2 is 2.05 bits per heavy atom. The van der Waals surface area contributed by atoms with E-state index in [2.05, 4.69) is 0 Å². The van der Waals surface area contributed by atoms with Crippen LogP contribution >= 0.6 is 0 Å². The number of rotatable bonds is 5. The Morgan fingerprint density at radius 3 is 2.67 bits per heavy atom. The fraction of sp³-hybridized carbons (Fsp3) is 0.375. The molecule has 0 unspecified atom stereocenters. The van der Waals surface area contributed by atoms with Crippen LogP contribution in [0, 0.1) is 0 Å². The second-order valence-electron chi connectivity index (χ2n) is 4.60. The van der Waals surface area contributed by atoms with Crippen molar-refractivity contribution in [2.45, 2.75) is 26.2 Å². The monoisotopic (exact) mass is 290 g/mol. The largest absolute Gasteiger partial charge is 0.494 e. The molecule has 5 nitrogen and oxygen atoms in total. The lowest BCUT2D eigenvalue weighted by atomic mass is 9.94. The van der Waals surface area contributed by atoms with Gasteiger partial charge in [0.05, 0.1) is 19.6 Å². The number of ether oxygens (including phenoxy) is 2. The standard InChI is InChI=1S/C16H18O5/c1-4-11(16(18)19-3)13-9-15(17)21-14-8-10(20-5-2)6-7-12(13)14/h6-9,11H,4-5H2,1-3H3/t11-/m0/s1. The average molecular weight is 290 g/mol. The van der Waals surface area contributed by atoms with E-state index in [4.69, 9.17) is 13.9 Å². The fourth-order valence-corrected chi connectivity index (χ4v) is 2.37. The lowest BCUT2D eigenvalue weighted by Crippen LogP contribution is -2.16. The van der Waals surface area contributed by atoms with E-state index in [0.717, 1.165) is 5.39 Å². The first-order valence-corrected chi connectivity index (χ1v) is 6.89. The second-order valence-corrected chi connectivity index (χ2v) is 4.60. The van der Waals surface area contributed by atoms with Crippen LogP contribution in [0.2, 0.25) is 0 Å². The zero-order valence-corrected chi connectivity index (χ0v) is 12.3. The normalized spacial score (nSPS) is 12.1. The number of esters is 1. The summed E-state index contributed by atoms with van der Waals surface area (Å²) in [7, 11) is 1.34. The Hall–Kier alpha value is -2.30. The van der Waals surface area contributed by atoms with Gasteiger partial charge in [-0.25, -0.2) is 4.79 Å². The van der Waals surface area contributed by atoms with Crippen molar-refractivity contribution in [3.63, 3.8) is 0 Å². The summed E-state index contributed by atoms with van der Waals surface area (Å²) >= 11 is 0. The van der Waals surface area contributed by atoms with Crippen LogP contribution in [-0.4, -0.2) is 19.7 Å². The molecule has 21 heavy (non-hydrogen) atoms. The molecule has 0 N–H and O–H groups in total. The van der Waals surface area contributed by atoms with Gasteiger partial charge < -0.3 is 13.9 Å². The van der Waals surface area contributed by atoms with Gasteiger partial charge in [-0.3, -0.25) is 4.79 Å². The maximum absolute atomic E-state index is 11.9. The molecule has 1 aromatic heterocycles. The highest BCUT2D eigenvalue weighted by atomic mass is 16.5. The van der Waals surface area contributed by atoms with Crippen molar-refractivity contribution in [1.29, 1.82) is 0 Å². The number of carbonyl (C=O) groups is 1. The molecule has 0 fully saturated rings. The van der Waals surface area contributed by atoms with Crippen LogP contribution < -0.4 is 10.4 Å². The van der Waals surface area contributed by atoms with Gasteiger partial charge >= 0.3 is 11.6 Å². The van der Waals surface area contributed by atoms with Gasteiger partial charge in [0.1, 0.15) is 11.3 Å². The quantitative estimate of drug-likeness (QED) is 0.625. The molecule has 0 aliphatic carbocycles. The number of carbonyl (C=O) groups excluding carboxylic acids is 1. The van der Waals surface area contributed by atoms with Crippen molar-refractivity contribution >= 4 is 16.9 Å². The molecule has 0 saturated heterocycles. The molecule has 0 saturated carbocycles. The third-order valence-electron chi connectivity index (χ3n) is 3.33. The molecule has 1 heterocycles. The van der Waals surface area contributed by atoms with Crippen LogP contribution in [0.4, 0.5) is 0 Å². The first-order valence-electron chi connectivity index (χ1n) is 6.89. The van der Waals surface area contributed by atoms with Crippen LogP contribution in [0.15, 0.2) is 33.5 Å². The topological polar surface area (TPSA) is 65.7 Å². The molecular formula is C16H18O5. The summed E-state index contributed by atoms with van der Waals surface area (Å²) in [6, 6.07) is 6.60. The zero-order chi connectivity index (χ0) is 15.4. The maximum atomic E-state index is 11.9. The van der Waals surface area contributed by atoms with E-state index in [1.807, 2.05) is 13.8 Å². The summed E-state index contributed by atoms with van der Waals surface area (Å²) in [5.74, 6) is -0.228. The van der Waals surface area contributed by atoms with Crippen molar-refractivity contribution in [3.8, 4) is 5.75 Å². The number of hydrogen-bond acceptors (Lipinski definition) is 5. The van der Waals surface area contributed by atoms with Crippen LogP contribution in [0.1, 0.15) is 31.7 Å². The van der Waals surface area contributed by atoms with Crippen LogP contribution in [0.5, 0.6) is 5.75 Å². The number of benzene rings is 1. The summed E-state index contributed by atoms with van der Waals surface area (Å²) in [6.07, 6.45) is 0.540. The van der Waals surface area contributed by atoms with E-state index in [1.54, 1.807) is 18.2 Å². The van der Waals surface area contributed by atoms with Gasteiger partial charge in [-0.05, 0) is 31.0 Å². The molecule has 2 rings (SSSR count). The first kappa shape index (κ1) is 15.1. The predicted molar refractivity (Wildman–Crippen MR) is 78.7 cm³/mol. The van der Waals surface area contributed by atoms with Gasteiger partial charge in [0, 0.05) is 17.5 Å². The molecule has 112 valence electrons. The Morgan fingerprint density at radius 1 is 1.29 bits per heavy atom. The SMILES string of the molecule is CCOc1ccc2c([C@H](CC)C(=O)OC)cc(=O)oc2c1. The Balaban J connectivity index is 2.63. The zero-order valence-electron chi connectivity index (χ0n) is 12.3. The van der Waals surface area contributed by atoms with E-state index in [-0.39, 0.29) is 5.97 Å². The highest BCUT2D eigenvalue weighted by Gasteiger charge is 2.23. The molecule has 5 heteroatoms. The van der Waals surface area contributed by atoms with Gasteiger partial charge in [0.15, 0.2) is 0 Å². The lowest BCUT2D eigenvalue weighted by molar-refractivity contribution is -0.142. The Labute approximate surface area is 122 Å². The van der Waals surface area contributed by atoms with E-state index in [9.17, 15) is 9.59 Å². The van der Waals surface area contributed by atoms with E-state index in [0.29, 0.717) is 29.9 Å². The maximum Gasteiger partial charge on any atom is 0.336 e. The molecule has 0 radical (unpaired) electrons. The Bertz CT molecular complexity index is 701. The number of methoxy groups -OCH3 is 1. The van der Waals surface area contributed by atoms with Crippen molar-refractivity contribution < 1.29 is 18.7 Å². The third kappa shape index (κ3) is 3.07. The fourth-order valence-electron chi connectivity index (χ4n) is 2.37. The highest BCUT2D eigenvalue weighted by molar-refractivity contribution is 5.88. The second kappa shape index (κ2) is 6.43. The van der Waals surface area contributed by atoms with Crippen molar-refractivity contribution in [3.05, 3.63) is 40.2 Å². The molecule has 2 aromatic rings. The van der Waals surface area contributed by atoms with Gasteiger partial charge in [-0.15, -0.1) is 0 Å². The summed E-state index contributed by atoms with van der Waals surface area (Å²) in [5, 5.41) is 0.718. The van der Waals surface area contributed by atoms with Gasteiger partial charge in [0.2, 0.25) is 0 Å². The first-order chi connectivity index (χ1) is 10.1. The summed E-state index contributed by atoms with van der Waals surface area (Å²) in [5.41, 5.74) is 0.540. The van der Waals surface area contributed by atoms with Crippen molar-refractivity contribution in [2.24, 2.45) is 0 Å². The van der Waals surface area contributed by atoms with Crippen molar-refractivity contribution in [2.75, 3.05) is 13.7 Å². The molecule has 0 amide bonds. The minimum absolute atomic E-state index is 0.363. The van der Waals surface area contributed by atoms with E-state index in [1.165, 1.54) is 13.2 Å². The molecule has 0 spiro atoms. The predicted octanol–water partition coefficient (Wildman–Crippen LogP) is 2.86. The lowest BCUT2D eigenvalue weighted by Gasteiger charge is -2.14. The van der Waals surface area contributed by atoms with Gasteiger partial charge in [0.25, 0.3) is 0 Å². The van der Waals surface area contributed by atoms with Gasteiger partial charge in [-0.1, -0.05) is 6.92 Å². The van der Waals surface area contributed by atoms with Crippen LogP contribution in [0.25, 0.3) is 11.0 Å². The summed E-state index contributed by atoms with van der Waals surface area (Å²) in [6.45, 7) is 4.27. The molecule has 0 aliphatic heterocycles. The summed E-state index contributed by atoms with van der Waals surface area (Å²) < 4.78 is 15.4. The molecule has 0 aliphatic rings. The average Bonchev–Trinajstić information content (AvgIpc) is 2.47. The van der Waals surface area contributed by atoms with Crippen LogP contribution in [0.3, 0.4) is 0 Å². The smallest absolute Gasteiger partial charge is 0.336 e. The minimum Gasteiger partial charge on any atom is -0.494 e. The van der Waals surface area contributed by atoms with E-state index < -0.39 is 11.5 Å². The van der Waals surface area contributed by atoms with Gasteiger partial charge in [-0.2, -0.15) is 0 Å². The molecule has 1 atom stereocenters. The molecular weight excluding hydrogens is 272 g/mol. The summed E-state index contributed by atoms with van der Waals surface area (Å²) in [4.78, 5) is 23.6. The van der Waals surface area contributed by atoms with E-state index >= 15 is 0 Å². The Kier molecular flexibility index (Phi) is 4.62. The molecule has 0 bridgehead atoms. The minimum atomic E-state index is -0.492. The highest BCUT2D eigenvalue weighted by Crippen LogP contribution is 2.29.